The molecule has 6 nitrogen and oxygen atoms in total. The second-order valence-corrected chi connectivity index (χ2v) is 5.08. The molecule has 2 rings (SSSR count). The Kier molecular flexibility index (Phi) is 5.46. The van der Waals surface area contributed by atoms with E-state index in [1.807, 2.05) is 0 Å². The predicted molar refractivity (Wildman–Crippen MR) is 82.4 cm³/mol. The lowest BCUT2D eigenvalue weighted by Crippen LogP contribution is -2.38. The Hall–Kier alpha value is -2.70. The van der Waals surface area contributed by atoms with Crippen LogP contribution in [0.3, 0.4) is 0 Å². The van der Waals surface area contributed by atoms with Crippen LogP contribution in [0.1, 0.15) is 18.2 Å². The average Bonchev–Trinajstić information content (AvgIpc) is 2.92. The molecule has 0 saturated heterocycles. The zero-order valence-corrected chi connectivity index (χ0v) is 13.0. The van der Waals surface area contributed by atoms with Crippen LogP contribution < -0.4 is 10.2 Å². The predicted octanol–water partition coefficient (Wildman–Crippen LogP) is 1.83. The van der Waals surface area contributed by atoms with Crippen LogP contribution in [0.25, 0.3) is 0 Å². The number of nitrogens with one attached hydrogen (secondary N) is 1. The smallest absolute Gasteiger partial charge is 0.225 e. The van der Waals surface area contributed by atoms with E-state index in [1.165, 1.54) is 17.9 Å². The van der Waals surface area contributed by atoms with Crippen molar-refractivity contribution in [3.63, 3.8) is 0 Å². The van der Waals surface area contributed by atoms with E-state index in [0.717, 1.165) is 0 Å². The van der Waals surface area contributed by atoms with Gasteiger partial charge in [-0.1, -0.05) is 23.4 Å². The summed E-state index contributed by atoms with van der Waals surface area (Å²) >= 11 is 0. The highest BCUT2D eigenvalue weighted by Crippen LogP contribution is 2.13. The minimum absolute atomic E-state index is 0.0458. The third kappa shape index (κ3) is 4.64. The molecule has 0 spiro atoms. The standard InChI is InChI=1S/C16H18FN3O3/c1-11-9-15(19-23-11)20(12(2)21)8-7-18-16(22)10-13-5-3-4-6-14(13)17/h3-6,9H,7-8,10H2,1-2H3,(H,18,22). The molecule has 0 saturated carbocycles. The van der Waals surface area contributed by atoms with Crippen molar-refractivity contribution >= 4 is 17.6 Å². The molecule has 0 aliphatic carbocycles. The van der Waals surface area contributed by atoms with Gasteiger partial charge in [0.15, 0.2) is 5.82 Å². The topological polar surface area (TPSA) is 75.4 Å². The molecule has 0 bridgehead atoms. The Bertz CT molecular complexity index is 699. The zero-order chi connectivity index (χ0) is 16.8. The lowest BCUT2D eigenvalue weighted by Gasteiger charge is -2.17. The van der Waals surface area contributed by atoms with E-state index in [9.17, 15) is 14.0 Å². The average molecular weight is 319 g/mol. The number of halogens is 1. The van der Waals surface area contributed by atoms with E-state index in [4.69, 9.17) is 4.52 Å². The molecule has 0 aliphatic rings. The lowest BCUT2D eigenvalue weighted by molar-refractivity contribution is -0.121. The van der Waals surface area contributed by atoms with Gasteiger partial charge in [-0.3, -0.25) is 14.5 Å². The molecule has 1 N–H and O–H groups in total. The molecule has 122 valence electrons. The number of anilines is 1. The van der Waals surface area contributed by atoms with Crippen LogP contribution in [0.5, 0.6) is 0 Å². The SMILES string of the molecule is CC(=O)N(CCNC(=O)Cc1ccccc1F)c1cc(C)on1. The first-order valence-corrected chi connectivity index (χ1v) is 7.19. The first kappa shape index (κ1) is 16.7. The maximum atomic E-state index is 13.5. The summed E-state index contributed by atoms with van der Waals surface area (Å²) < 4.78 is 18.4. The Morgan fingerprint density at radius 3 is 2.70 bits per heavy atom. The summed E-state index contributed by atoms with van der Waals surface area (Å²) in [4.78, 5) is 24.9. The van der Waals surface area contributed by atoms with Crippen LogP contribution in [0, 0.1) is 12.7 Å². The highest BCUT2D eigenvalue weighted by atomic mass is 19.1. The van der Waals surface area contributed by atoms with Gasteiger partial charge in [-0.15, -0.1) is 0 Å². The molecule has 7 heteroatoms. The Morgan fingerprint density at radius 1 is 1.35 bits per heavy atom. The van der Waals surface area contributed by atoms with Crippen LogP contribution >= 0.6 is 0 Å². The third-order valence-electron chi connectivity index (χ3n) is 3.24. The number of hydrogen-bond acceptors (Lipinski definition) is 4. The maximum Gasteiger partial charge on any atom is 0.225 e. The third-order valence-corrected chi connectivity index (χ3v) is 3.24. The molecular formula is C16H18FN3O3. The van der Waals surface area contributed by atoms with Gasteiger partial charge in [0.2, 0.25) is 11.8 Å². The molecule has 0 fully saturated rings. The van der Waals surface area contributed by atoms with Crippen molar-refractivity contribution in [1.82, 2.24) is 10.5 Å². The number of hydrogen-bond donors (Lipinski definition) is 1. The normalized spacial score (nSPS) is 10.4. The first-order valence-electron chi connectivity index (χ1n) is 7.19. The van der Waals surface area contributed by atoms with Crippen LogP contribution in [-0.2, 0) is 16.0 Å². The molecule has 2 aromatic rings. The van der Waals surface area contributed by atoms with Crippen LogP contribution in [-0.4, -0.2) is 30.1 Å². The molecule has 23 heavy (non-hydrogen) atoms. The zero-order valence-electron chi connectivity index (χ0n) is 13.0. The van der Waals surface area contributed by atoms with Gasteiger partial charge in [0, 0.05) is 26.1 Å². The van der Waals surface area contributed by atoms with Crippen LogP contribution in [0.15, 0.2) is 34.9 Å². The summed E-state index contributed by atoms with van der Waals surface area (Å²) in [5.74, 6) is 0.0656. The molecule has 0 atom stereocenters. The van der Waals surface area contributed by atoms with E-state index in [-0.39, 0.29) is 31.3 Å². The second kappa shape index (κ2) is 7.53. The van der Waals surface area contributed by atoms with Crippen molar-refractivity contribution in [1.29, 1.82) is 0 Å². The molecule has 1 aromatic carbocycles. The lowest BCUT2D eigenvalue weighted by atomic mass is 10.1. The van der Waals surface area contributed by atoms with Gasteiger partial charge in [0.05, 0.1) is 6.42 Å². The minimum Gasteiger partial charge on any atom is -0.360 e. The highest BCUT2D eigenvalue weighted by Gasteiger charge is 2.15. The van der Waals surface area contributed by atoms with Crippen molar-refractivity contribution in [3.05, 3.63) is 47.5 Å². The van der Waals surface area contributed by atoms with Crippen molar-refractivity contribution in [2.24, 2.45) is 0 Å². The number of aromatic nitrogens is 1. The number of benzene rings is 1. The number of rotatable bonds is 6. The fraction of sp³-hybridized carbons (Fsp3) is 0.312. The fourth-order valence-electron chi connectivity index (χ4n) is 2.10. The molecule has 1 heterocycles. The summed E-state index contributed by atoms with van der Waals surface area (Å²) in [6, 6.07) is 7.77. The quantitative estimate of drug-likeness (QED) is 0.881. The van der Waals surface area contributed by atoms with Crippen LogP contribution in [0.2, 0.25) is 0 Å². The van der Waals surface area contributed by atoms with Gasteiger partial charge in [0.25, 0.3) is 0 Å². The number of nitrogens with zero attached hydrogens (tertiary/aromatic N) is 2. The largest absolute Gasteiger partial charge is 0.360 e. The van der Waals surface area contributed by atoms with Gasteiger partial charge in [0.1, 0.15) is 11.6 Å². The highest BCUT2D eigenvalue weighted by molar-refractivity contribution is 5.90. The van der Waals surface area contributed by atoms with Crippen molar-refractivity contribution in [2.75, 3.05) is 18.0 Å². The molecule has 2 amide bonds. The van der Waals surface area contributed by atoms with Crippen molar-refractivity contribution in [2.45, 2.75) is 20.3 Å². The van der Waals surface area contributed by atoms with Crippen molar-refractivity contribution < 1.29 is 18.5 Å². The molecular weight excluding hydrogens is 301 g/mol. The van der Waals surface area contributed by atoms with E-state index < -0.39 is 5.82 Å². The van der Waals surface area contributed by atoms with E-state index >= 15 is 0 Å². The monoisotopic (exact) mass is 319 g/mol. The molecule has 0 aliphatic heterocycles. The van der Waals surface area contributed by atoms with Gasteiger partial charge in [-0.2, -0.15) is 0 Å². The second-order valence-electron chi connectivity index (χ2n) is 5.08. The van der Waals surface area contributed by atoms with E-state index in [0.29, 0.717) is 17.1 Å². The maximum absolute atomic E-state index is 13.5. The summed E-state index contributed by atoms with van der Waals surface area (Å²) in [6.07, 6.45) is -0.0458. The van der Waals surface area contributed by atoms with Crippen molar-refractivity contribution in [3.8, 4) is 0 Å². The van der Waals surface area contributed by atoms with Gasteiger partial charge >= 0.3 is 0 Å². The summed E-state index contributed by atoms with van der Waals surface area (Å²) in [6.45, 7) is 3.62. The molecule has 1 aromatic heterocycles. The first-order chi connectivity index (χ1) is 11.0. The van der Waals surface area contributed by atoms with Gasteiger partial charge in [-0.05, 0) is 18.6 Å². The Labute approximate surface area is 133 Å². The van der Waals surface area contributed by atoms with E-state index in [2.05, 4.69) is 10.5 Å². The summed E-state index contributed by atoms with van der Waals surface area (Å²) in [5.41, 5.74) is 0.334. The number of carbonyl (C=O) groups excluding carboxylic acids is 2. The summed E-state index contributed by atoms with van der Waals surface area (Å²) in [5, 5.41) is 6.44. The molecule has 0 unspecified atom stereocenters. The summed E-state index contributed by atoms with van der Waals surface area (Å²) in [7, 11) is 0. The Morgan fingerprint density at radius 2 is 2.09 bits per heavy atom. The Balaban J connectivity index is 1.86. The van der Waals surface area contributed by atoms with Crippen LogP contribution in [0.4, 0.5) is 10.2 Å². The fourth-order valence-corrected chi connectivity index (χ4v) is 2.10. The number of amides is 2. The van der Waals surface area contributed by atoms with E-state index in [1.54, 1.807) is 31.2 Å². The van der Waals surface area contributed by atoms with Gasteiger partial charge < -0.3 is 9.84 Å². The molecule has 0 radical (unpaired) electrons. The minimum atomic E-state index is -0.411. The number of carbonyl (C=O) groups is 2. The number of aryl methyl sites for hydroxylation is 1. The van der Waals surface area contributed by atoms with Gasteiger partial charge in [-0.25, -0.2) is 4.39 Å².